The van der Waals surface area contributed by atoms with Gasteiger partial charge in [0, 0.05) is 57.6 Å². The first kappa shape index (κ1) is 15.7. The smallest absolute Gasteiger partial charge is 0.228 e. The second-order valence-corrected chi connectivity index (χ2v) is 6.42. The molecular weight excluding hydrogens is 294 g/mol. The highest BCUT2D eigenvalue weighted by Crippen LogP contribution is 2.23. The standard InChI is InChI=1S/C16H23N5O2/c1-12(2)21-11-13(9-15(21)22)16(23)20-7-5-19(6-8-20)14-10-17-3-4-18-14/h3-4,10,12-13H,5-9,11H2,1-2H3/t13-/m1/s1. The van der Waals surface area contributed by atoms with Crippen molar-refractivity contribution >= 4 is 17.6 Å². The fraction of sp³-hybridized carbons (Fsp3) is 0.625. The molecular formula is C16H23N5O2. The molecule has 0 aromatic carbocycles. The lowest BCUT2D eigenvalue weighted by Crippen LogP contribution is -2.51. The predicted octanol–water partition coefficient (Wildman–Crippen LogP) is 0.382. The molecule has 1 aromatic rings. The van der Waals surface area contributed by atoms with Crippen LogP contribution in [0.4, 0.5) is 5.82 Å². The van der Waals surface area contributed by atoms with Gasteiger partial charge in [-0.15, -0.1) is 0 Å². The van der Waals surface area contributed by atoms with E-state index in [2.05, 4.69) is 14.9 Å². The average molecular weight is 317 g/mol. The topological polar surface area (TPSA) is 69.6 Å². The minimum atomic E-state index is -0.187. The summed E-state index contributed by atoms with van der Waals surface area (Å²) in [5, 5.41) is 0. The van der Waals surface area contributed by atoms with E-state index in [1.165, 1.54) is 0 Å². The van der Waals surface area contributed by atoms with Crippen LogP contribution in [0.25, 0.3) is 0 Å². The summed E-state index contributed by atoms with van der Waals surface area (Å²) in [5.74, 6) is 0.867. The fourth-order valence-electron chi connectivity index (χ4n) is 3.26. The molecule has 1 aromatic heterocycles. The van der Waals surface area contributed by atoms with Gasteiger partial charge in [-0.1, -0.05) is 0 Å². The molecule has 7 heteroatoms. The second kappa shape index (κ2) is 6.52. The molecule has 0 aliphatic carbocycles. The van der Waals surface area contributed by atoms with E-state index in [9.17, 15) is 9.59 Å². The Hall–Kier alpha value is -2.18. The number of hydrogen-bond acceptors (Lipinski definition) is 5. The summed E-state index contributed by atoms with van der Waals surface area (Å²) in [6, 6.07) is 0.161. The summed E-state index contributed by atoms with van der Waals surface area (Å²) in [5.41, 5.74) is 0. The third-order valence-electron chi connectivity index (χ3n) is 4.60. The maximum Gasteiger partial charge on any atom is 0.228 e. The highest BCUT2D eigenvalue weighted by atomic mass is 16.2. The van der Waals surface area contributed by atoms with Crippen molar-refractivity contribution < 1.29 is 9.59 Å². The van der Waals surface area contributed by atoms with E-state index in [4.69, 9.17) is 0 Å². The lowest BCUT2D eigenvalue weighted by molar-refractivity contribution is -0.136. The van der Waals surface area contributed by atoms with Crippen molar-refractivity contribution in [2.24, 2.45) is 5.92 Å². The summed E-state index contributed by atoms with van der Waals surface area (Å²) < 4.78 is 0. The Balaban J connectivity index is 1.56. The molecule has 2 fully saturated rings. The van der Waals surface area contributed by atoms with Gasteiger partial charge in [-0.05, 0) is 13.8 Å². The Morgan fingerprint density at radius 2 is 1.96 bits per heavy atom. The molecule has 2 amide bonds. The van der Waals surface area contributed by atoms with Crippen LogP contribution in [0.3, 0.4) is 0 Å². The van der Waals surface area contributed by atoms with E-state index in [1.807, 2.05) is 18.7 Å². The van der Waals surface area contributed by atoms with Crippen LogP contribution in [0, 0.1) is 5.92 Å². The number of rotatable bonds is 3. The van der Waals surface area contributed by atoms with Gasteiger partial charge in [0.25, 0.3) is 0 Å². The van der Waals surface area contributed by atoms with Crippen molar-refractivity contribution in [3.8, 4) is 0 Å². The van der Waals surface area contributed by atoms with E-state index >= 15 is 0 Å². The molecule has 7 nitrogen and oxygen atoms in total. The number of carbonyl (C=O) groups is 2. The molecule has 23 heavy (non-hydrogen) atoms. The van der Waals surface area contributed by atoms with Crippen molar-refractivity contribution in [2.45, 2.75) is 26.3 Å². The highest BCUT2D eigenvalue weighted by molar-refractivity contribution is 5.89. The number of likely N-dealkylation sites (tertiary alicyclic amines) is 1. The molecule has 2 aliphatic rings. The van der Waals surface area contributed by atoms with Gasteiger partial charge in [-0.2, -0.15) is 0 Å². The van der Waals surface area contributed by atoms with Gasteiger partial charge in [-0.25, -0.2) is 4.98 Å². The van der Waals surface area contributed by atoms with Gasteiger partial charge >= 0.3 is 0 Å². The third kappa shape index (κ3) is 3.28. The van der Waals surface area contributed by atoms with Crippen LogP contribution in [0.15, 0.2) is 18.6 Å². The first-order valence-corrected chi connectivity index (χ1v) is 8.15. The SMILES string of the molecule is CC(C)N1C[C@H](C(=O)N2CCN(c3cnccn3)CC2)CC1=O. The van der Waals surface area contributed by atoms with Crippen molar-refractivity contribution in [3.05, 3.63) is 18.6 Å². The van der Waals surface area contributed by atoms with Crippen LogP contribution in [0.2, 0.25) is 0 Å². The summed E-state index contributed by atoms with van der Waals surface area (Å²) in [6.45, 7) is 7.37. The molecule has 0 unspecified atom stereocenters. The molecule has 0 N–H and O–H groups in total. The number of anilines is 1. The molecule has 1 atom stereocenters. The van der Waals surface area contributed by atoms with Crippen LogP contribution in [0.5, 0.6) is 0 Å². The zero-order valence-corrected chi connectivity index (χ0v) is 13.7. The monoisotopic (exact) mass is 317 g/mol. The van der Waals surface area contributed by atoms with Crippen molar-refractivity contribution in [1.29, 1.82) is 0 Å². The Bertz CT molecular complexity index is 569. The lowest BCUT2D eigenvalue weighted by atomic mass is 10.1. The normalized spacial score (nSPS) is 22.1. The minimum absolute atomic E-state index is 0.0940. The molecule has 2 saturated heterocycles. The number of hydrogen-bond donors (Lipinski definition) is 0. The van der Waals surface area contributed by atoms with E-state index in [0.29, 0.717) is 26.1 Å². The van der Waals surface area contributed by atoms with Gasteiger partial charge in [0.05, 0.1) is 12.1 Å². The maximum absolute atomic E-state index is 12.7. The Morgan fingerprint density at radius 3 is 2.52 bits per heavy atom. The predicted molar refractivity (Wildman–Crippen MR) is 85.8 cm³/mol. The van der Waals surface area contributed by atoms with E-state index < -0.39 is 0 Å². The van der Waals surface area contributed by atoms with Gasteiger partial charge in [0.1, 0.15) is 5.82 Å². The Labute approximate surface area is 136 Å². The van der Waals surface area contributed by atoms with Gasteiger partial charge in [0.2, 0.25) is 11.8 Å². The van der Waals surface area contributed by atoms with Crippen LogP contribution >= 0.6 is 0 Å². The Kier molecular flexibility index (Phi) is 4.45. The van der Waals surface area contributed by atoms with Crippen molar-refractivity contribution in [1.82, 2.24) is 19.8 Å². The molecule has 0 spiro atoms. The van der Waals surface area contributed by atoms with Gasteiger partial charge in [0.15, 0.2) is 0 Å². The highest BCUT2D eigenvalue weighted by Gasteiger charge is 2.38. The molecule has 2 aliphatic heterocycles. The molecule has 124 valence electrons. The first-order chi connectivity index (χ1) is 11.1. The summed E-state index contributed by atoms with van der Waals surface area (Å²) in [7, 11) is 0. The van der Waals surface area contributed by atoms with Crippen molar-refractivity contribution in [2.75, 3.05) is 37.6 Å². The quantitative estimate of drug-likeness (QED) is 0.806. The maximum atomic E-state index is 12.7. The summed E-state index contributed by atoms with van der Waals surface area (Å²) >= 11 is 0. The summed E-state index contributed by atoms with van der Waals surface area (Å²) in [6.07, 6.45) is 5.42. The first-order valence-electron chi connectivity index (χ1n) is 8.15. The lowest BCUT2D eigenvalue weighted by Gasteiger charge is -2.36. The largest absolute Gasteiger partial charge is 0.352 e. The molecule has 3 rings (SSSR count). The number of aromatic nitrogens is 2. The van der Waals surface area contributed by atoms with E-state index in [0.717, 1.165) is 18.9 Å². The van der Waals surface area contributed by atoms with Gasteiger partial charge < -0.3 is 14.7 Å². The summed E-state index contributed by atoms with van der Waals surface area (Å²) in [4.78, 5) is 38.8. The molecule has 0 saturated carbocycles. The third-order valence-corrected chi connectivity index (χ3v) is 4.60. The zero-order chi connectivity index (χ0) is 16.4. The molecule has 3 heterocycles. The fourth-order valence-corrected chi connectivity index (χ4v) is 3.26. The van der Waals surface area contributed by atoms with Crippen LogP contribution in [-0.2, 0) is 9.59 Å². The molecule has 0 bridgehead atoms. The van der Waals surface area contributed by atoms with Crippen LogP contribution in [0.1, 0.15) is 20.3 Å². The van der Waals surface area contributed by atoms with E-state index in [1.54, 1.807) is 23.5 Å². The van der Waals surface area contributed by atoms with Crippen LogP contribution < -0.4 is 4.90 Å². The average Bonchev–Trinajstić information content (AvgIpc) is 2.97. The van der Waals surface area contributed by atoms with E-state index in [-0.39, 0.29) is 23.8 Å². The van der Waals surface area contributed by atoms with Gasteiger partial charge in [-0.3, -0.25) is 14.6 Å². The Morgan fingerprint density at radius 1 is 1.22 bits per heavy atom. The molecule has 0 radical (unpaired) electrons. The number of piperazine rings is 1. The number of amides is 2. The van der Waals surface area contributed by atoms with Crippen molar-refractivity contribution in [3.63, 3.8) is 0 Å². The van der Waals surface area contributed by atoms with Crippen LogP contribution in [-0.4, -0.2) is 70.3 Å². The zero-order valence-electron chi connectivity index (χ0n) is 13.7. The second-order valence-electron chi connectivity index (χ2n) is 6.42. The number of carbonyl (C=O) groups excluding carboxylic acids is 2. The number of nitrogens with zero attached hydrogens (tertiary/aromatic N) is 5. The minimum Gasteiger partial charge on any atom is -0.352 e.